The van der Waals surface area contributed by atoms with Gasteiger partial charge in [0.1, 0.15) is 0 Å². The van der Waals surface area contributed by atoms with Crippen molar-refractivity contribution in [1.29, 1.82) is 0 Å². The minimum Gasteiger partial charge on any atom is -0.392 e. The van der Waals surface area contributed by atoms with Gasteiger partial charge in [0.15, 0.2) is 0 Å². The smallest absolute Gasteiger partial charge is 0.0628 e. The van der Waals surface area contributed by atoms with E-state index in [1.807, 2.05) is 26.0 Å². The van der Waals surface area contributed by atoms with Crippen LogP contribution in [0.2, 0.25) is 0 Å². The fourth-order valence-electron chi connectivity index (χ4n) is 0.848. The first-order valence-corrected chi connectivity index (χ1v) is 6.34. The van der Waals surface area contributed by atoms with E-state index in [-0.39, 0.29) is 11.4 Å². The van der Waals surface area contributed by atoms with Gasteiger partial charge in [-0.1, -0.05) is 6.92 Å². The molecule has 1 heterocycles. The average molecular weight is 276 g/mol. The molecule has 0 aromatic carbocycles. The highest BCUT2D eigenvalue weighted by atomic mass is 79.9. The van der Waals surface area contributed by atoms with Crippen molar-refractivity contribution in [2.45, 2.75) is 31.0 Å². The molecule has 2 nitrogen and oxygen atoms in total. The van der Waals surface area contributed by atoms with Gasteiger partial charge in [-0.15, -0.1) is 11.8 Å². The molecule has 1 aromatic rings. The van der Waals surface area contributed by atoms with Gasteiger partial charge in [-0.05, 0) is 35.0 Å². The first kappa shape index (κ1) is 12.0. The molecule has 0 fully saturated rings. The maximum absolute atomic E-state index is 9.29. The lowest BCUT2D eigenvalue weighted by Gasteiger charge is -2.13. The standard InChI is InChI=1S/C10H14BrNOS/c1-7(13)8(2)14-6-10-4-3-9(11)5-12-10/h3-5,7-8,13H,6H2,1-2H3. The van der Waals surface area contributed by atoms with Gasteiger partial charge in [0.25, 0.3) is 0 Å². The van der Waals surface area contributed by atoms with E-state index in [0.29, 0.717) is 0 Å². The van der Waals surface area contributed by atoms with Gasteiger partial charge >= 0.3 is 0 Å². The van der Waals surface area contributed by atoms with E-state index in [4.69, 9.17) is 0 Å². The third-order valence-corrected chi connectivity index (χ3v) is 3.81. The lowest BCUT2D eigenvalue weighted by Crippen LogP contribution is -2.15. The van der Waals surface area contributed by atoms with Gasteiger partial charge in [-0.3, -0.25) is 4.98 Å². The topological polar surface area (TPSA) is 33.1 Å². The van der Waals surface area contributed by atoms with Crippen LogP contribution in [0.3, 0.4) is 0 Å². The minimum absolute atomic E-state index is 0.250. The van der Waals surface area contributed by atoms with E-state index >= 15 is 0 Å². The van der Waals surface area contributed by atoms with E-state index < -0.39 is 0 Å². The Morgan fingerprint density at radius 3 is 2.71 bits per heavy atom. The predicted molar refractivity (Wildman–Crippen MR) is 64.4 cm³/mol. The van der Waals surface area contributed by atoms with Gasteiger partial charge in [0.05, 0.1) is 11.8 Å². The van der Waals surface area contributed by atoms with E-state index in [1.165, 1.54) is 0 Å². The van der Waals surface area contributed by atoms with Crippen molar-refractivity contribution >= 4 is 27.7 Å². The molecular formula is C10H14BrNOS. The second-order valence-corrected chi connectivity index (χ2v) is 5.51. The molecule has 14 heavy (non-hydrogen) atoms. The highest BCUT2D eigenvalue weighted by Gasteiger charge is 2.09. The number of hydrogen-bond acceptors (Lipinski definition) is 3. The van der Waals surface area contributed by atoms with Crippen LogP contribution in [-0.4, -0.2) is 21.4 Å². The van der Waals surface area contributed by atoms with E-state index in [9.17, 15) is 5.11 Å². The number of pyridine rings is 1. The fraction of sp³-hybridized carbons (Fsp3) is 0.500. The van der Waals surface area contributed by atoms with Crippen molar-refractivity contribution in [3.63, 3.8) is 0 Å². The van der Waals surface area contributed by atoms with Crippen LogP contribution in [0.25, 0.3) is 0 Å². The predicted octanol–water partition coefficient (Wildman–Crippen LogP) is 2.85. The first-order chi connectivity index (χ1) is 6.59. The molecule has 0 radical (unpaired) electrons. The average Bonchev–Trinajstić information content (AvgIpc) is 2.16. The van der Waals surface area contributed by atoms with Crippen LogP contribution >= 0.6 is 27.7 Å². The van der Waals surface area contributed by atoms with Gasteiger partial charge in [-0.2, -0.15) is 0 Å². The maximum Gasteiger partial charge on any atom is 0.0628 e. The molecule has 0 aliphatic carbocycles. The lowest BCUT2D eigenvalue weighted by molar-refractivity contribution is 0.196. The van der Waals surface area contributed by atoms with Crippen molar-refractivity contribution in [2.75, 3.05) is 0 Å². The second-order valence-electron chi connectivity index (χ2n) is 3.22. The van der Waals surface area contributed by atoms with E-state index in [1.54, 1.807) is 18.0 Å². The molecule has 4 heteroatoms. The van der Waals surface area contributed by atoms with Crippen LogP contribution in [0.5, 0.6) is 0 Å². The van der Waals surface area contributed by atoms with Crippen molar-refractivity contribution in [2.24, 2.45) is 0 Å². The number of aliphatic hydroxyl groups excluding tert-OH is 1. The molecule has 0 spiro atoms. The zero-order valence-electron chi connectivity index (χ0n) is 8.27. The number of nitrogens with zero attached hydrogens (tertiary/aromatic N) is 1. The third kappa shape index (κ3) is 3.98. The molecule has 0 saturated carbocycles. The van der Waals surface area contributed by atoms with Crippen molar-refractivity contribution in [3.05, 3.63) is 28.5 Å². The molecule has 0 bridgehead atoms. The summed E-state index contributed by atoms with van der Waals surface area (Å²) < 4.78 is 0.995. The first-order valence-electron chi connectivity index (χ1n) is 4.49. The zero-order chi connectivity index (χ0) is 10.6. The summed E-state index contributed by atoms with van der Waals surface area (Å²) in [6, 6.07) is 3.97. The highest BCUT2D eigenvalue weighted by molar-refractivity contribution is 9.10. The Kier molecular flexibility index (Phi) is 4.92. The SMILES string of the molecule is CC(O)C(C)SCc1ccc(Br)cn1. The number of aliphatic hydroxyl groups is 1. The van der Waals surface area contributed by atoms with E-state index in [0.717, 1.165) is 15.9 Å². The number of hydrogen-bond donors (Lipinski definition) is 1. The maximum atomic E-state index is 9.29. The summed E-state index contributed by atoms with van der Waals surface area (Å²) >= 11 is 5.06. The second kappa shape index (κ2) is 5.73. The van der Waals surface area contributed by atoms with Crippen LogP contribution in [0.15, 0.2) is 22.8 Å². The Labute approximate surface area is 97.3 Å². The highest BCUT2D eigenvalue weighted by Crippen LogP contribution is 2.19. The summed E-state index contributed by atoms with van der Waals surface area (Å²) in [6.07, 6.45) is 1.53. The quantitative estimate of drug-likeness (QED) is 0.918. The number of halogens is 1. The molecule has 1 rings (SSSR count). The third-order valence-electron chi connectivity index (χ3n) is 1.96. The van der Waals surface area contributed by atoms with Crippen LogP contribution in [0.4, 0.5) is 0 Å². The molecule has 0 saturated heterocycles. The minimum atomic E-state index is -0.268. The Hall–Kier alpha value is -0.0600. The number of thioether (sulfide) groups is 1. The zero-order valence-corrected chi connectivity index (χ0v) is 10.7. The Bertz CT molecular complexity index is 276. The Morgan fingerprint density at radius 1 is 1.50 bits per heavy atom. The Morgan fingerprint density at radius 2 is 2.21 bits per heavy atom. The number of aromatic nitrogens is 1. The summed E-state index contributed by atoms with van der Waals surface area (Å²) in [4.78, 5) is 4.26. The molecule has 1 aromatic heterocycles. The van der Waals surface area contributed by atoms with Crippen molar-refractivity contribution < 1.29 is 5.11 Å². The molecule has 2 atom stereocenters. The molecule has 0 aliphatic rings. The largest absolute Gasteiger partial charge is 0.392 e. The molecule has 1 N–H and O–H groups in total. The number of rotatable bonds is 4. The summed E-state index contributed by atoms with van der Waals surface area (Å²) in [5.41, 5.74) is 1.05. The van der Waals surface area contributed by atoms with Gasteiger partial charge in [0, 0.05) is 21.7 Å². The van der Waals surface area contributed by atoms with Gasteiger partial charge < -0.3 is 5.11 Å². The van der Waals surface area contributed by atoms with Gasteiger partial charge in [0.2, 0.25) is 0 Å². The summed E-state index contributed by atoms with van der Waals surface area (Å²) in [5.74, 6) is 0.847. The van der Waals surface area contributed by atoms with Crippen LogP contribution in [0, 0.1) is 0 Å². The molecule has 78 valence electrons. The van der Waals surface area contributed by atoms with Crippen LogP contribution < -0.4 is 0 Å². The summed E-state index contributed by atoms with van der Waals surface area (Å²) in [7, 11) is 0. The van der Waals surface area contributed by atoms with Crippen molar-refractivity contribution in [1.82, 2.24) is 4.98 Å². The van der Waals surface area contributed by atoms with Gasteiger partial charge in [-0.25, -0.2) is 0 Å². The summed E-state index contributed by atoms with van der Waals surface area (Å²) in [5, 5.41) is 9.54. The van der Waals surface area contributed by atoms with Crippen molar-refractivity contribution in [3.8, 4) is 0 Å². The molecular weight excluding hydrogens is 262 g/mol. The fourth-order valence-corrected chi connectivity index (χ4v) is 1.97. The lowest BCUT2D eigenvalue weighted by atomic mass is 10.3. The Balaban J connectivity index is 2.42. The molecule has 0 amide bonds. The molecule has 2 unspecified atom stereocenters. The van der Waals surface area contributed by atoms with Crippen LogP contribution in [-0.2, 0) is 5.75 Å². The summed E-state index contributed by atoms with van der Waals surface area (Å²) in [6.45, 7) is 3.83. The van der Waals surface area contributed by atoms with Crippen LogP contribution in [0.1, 0.15) is 19.5 Å². The monoisotopic (exact) mass is 275 g/mol. The van der Waals surface area contributed by atoms with E-state index in [2.05, 4.69) is 20.9 Å². The normalized spacial score (nSPS) is 15.1. The molecule has 0 aliphatic heterocycles.